The van der Waals surface area contributed by atoms with Crippen molar-refractivity contribution in [3.63, 3.8) is 0 Å². The number of hydrogen-bond donors (Lipinski definition) is 0. The van der Waals surface area contributed by atoms with Crippen LogP contribution < -0.4 is 10.2 Å². The van der Waals surface area contributed by atoms with Crippen molar-refractivity contribution < 1.29 is 22.1 Å². The minimum absolute atomic E-state index is 0.0742. The van der Waals surface area contributed by atoms with Crippen molar-refractivity contribution >= 4 is 12.4 Å². The summed E-state index contributed by atoms with van der Waals surface area (Å²) in [6, 6.07) is 11.7. The molecule has 0 fully saturated rings. The van der Waals surface area contributed by atoms with Crippen molar-refractivity contribution in [2.75, 3.05) is 0 Å². The summed E-state index contributed by atoms with van der Waals surface area (Å²) in [5.41, 5.74) is -0.376. The molecule has 2 aromatic rings. The topological polar surface area (TPSA) is 9.23 Å². The predicted molar refractivity (Wildman–Crippen MR) is 65.9 cm³/mol. The molecule has 0 bridgehead atoms. The Bertz CT molecular complexity index is 554. The Morgan fingerprint density at radius 3 is 2.21 bits per heavy atom. The first-order valence-electron chi connectivity index (χ1n) is 5.63. The Balaban J connectivity index is 2.09. The first kappa shape index (κ1) is 13.5. The average molecular weight is 269 g/mol. The molecule has 0 saturated carbocycles. The van der Waals surface area contributed by atoms with Gasteiger partial charge in [-0.3, -0.25) is 0 Å². The van der Waals surface area contributed by atoms with E-state index in [0.29, 0.717) is 6.07 Å². The van der Waals surface area contributed by atoms with Crippen LogP contribution >= 0.6 is 0 Å². The molecule has 0 unspecified atom stereocenters. The fraction of sp³-hybridized carbons (Fsp3) is 0.0769. The molecule has 2 aromatic carbocycles. The van der Waals surface area contributed by atoms with Crippen molar-refractivity contribution in [3.05, 3.63) is 59.9 Å². The lowest BCUT2D eigenvalue weighted by Crippen LogP contribution is -2.36. The van der Waals surface area contributed by atoms with Gasteiger partial charge in [-0.25, -0.2) is 4.39 Å². The molecule has 0 aliphatic carbocycles. The van der Waals surface area contributed by atoms with Crippen molar-refractivity contribution in [1.29, 1.82) is 0 Å². The van der Waals surface area contributed by atoms with Gasteiger partial charge in [-0.15, -0.1) is 0 Å². The van der Waals surface area contributed by atoms with E-state index in [-0.39, 0.29) is 12.4 Å². The summed E-state index contributed by atoms with van der Waals surface area (Å²) in [5, 5.41) is 0. The fourth-order valence-electron chi connectivity index (χ4n) is 1.60. The van der Waals surface area contributed by atoms with Gasteiger partial charge in [-0.2, -0.15) is 0 Å². The quantitative estimate of drug-likeness (QED) is 0.610. The van der Waals surface area contributed by atoms with Crippen LogP contribution in [0.25, 0.3) is 0 Å². The molecule has 1 nitrogen and oxygen atoms in total. The van der Waals surface area contributed by atoms with Gasteiger partial charge in [0.2, 0.25) is 0 Å². The minimum Gasteiger partial charge on any atom is -0.489 e. The van der Waals surface area contributed by atoms with Crippen LogP contribution in [0.15, 0.2) is 48.5 Å². The highest BCUT2D eigenvalue weighted by molar-refractivity contribution is 6.73. The first-order chi connectivity index (χ1) is 8.97. The number of rotatable bonds is 4. The van der Waals surface area contributed by atoms with Crippen molar-refractivity contribution in [2.45, 2.75) is 6.61 Å². The van der Waals surface area contributed by atoms with Gasteiger partial charge in [0.1, 0.15) is 12.4 Å². The van der Waals surface area contributed by atoms with Crippen molar-refractivity contribution in [2.24, 2.45) is 0 Å². The third-order valence-electron chi connectivity index (χ3n) is 2.57. The first-order valence-corrected chi connectivity index (χ1v) is 5.63. The van der Waals surface area contributed by atoms with Gasteiger partial charge in [0, 0.05) is 6.07 Å². The van der Waals surface area contributed by atoms with Gasteiger partial charge in [0.05, 0.1) is 5.82 Å². The normalized spacial score (nSPS) is 11.4. The zero-order chi connectivity index (χ0) is 13.9. The van der Waals surface area contributed by atoms with E-state index in [1.165, 1.54) is 0 Å². The summed E-state index contributed by atoms with van der Waals surface area (Å²) in [4.78, 5) is 0. The summed E-state index contributed by atoms with van der Waals surface area (Å²) in [6.45, 7) is -5.16. The molecular formula is C13H10BF4O-. The van der Waals surface area contributed by atoms with Gasteiger partial charge in [-0.1, -0.05) is 41.9 Å². The zero-order valence-electron chi connectivity index (χ0n) is 9.82. The zero-order valence-corrected chi connectivity index (χ0v) is 9.82. The maximum atomic E-state index is 13.3. The third kappa shape index (κ3) is 3.50. The molecule has 0 atom stereocenters. The molecule has 19 heavy (non-hydrogen) atoms. The molecule has 6 heteroatoms. The summed E-state index contributed by atoms with van der Waals surface area (Å²) in [5.74, 6) is -1.23. The van der Waals surface area contributed by atoms with Crippen LogP contribution in [0.1, 0.15) is 5.56 Å². The van der Waals surface area contributed by atoms with Gasteiger partial charge >= 0.3 is 6.98 Å². The SMILES string of the molecule is Fc1cc(OCc2ccccc2)ccc1[B-](F)(F)F. The molecule has 0 aliphatic heterocycles. The lowest BCUT2D eigenvalue weighted by Gasteiger charge is -2.16. The molecule has 2 rings (SSSR count). The van der Waals surface area contributed by atoms with Crippen LogP contribution in [0, 0.1) is 5.82 Å². The number of halogens is 4. The Labute approximate surface area is 107 Å². The van der Waals surface area contributed by atoms with Crippen LogP contribution in [-0.2, 0) is 6.61 Å². The Hall–Kier alpha value is -1.98. The minimum atomic E-state index is -5.33. The van der Waals surface area contributed by atoms with Gasteiger partial charge in [0.15, 0.2) is 0 Å². The molecule has 0 heterocycles. The van der Waals surface area contributed by atoms with E-state index in [9.17, 15) is 17.3 Å². The summed E-state index contributed by atoms with van der Waals surface area (Å²) in [6.07, 6.45) is 0. The lowest BCUT2D eigenvalue weighted by molar-refractivity contribution is 0.304. The highest BCUT2D eigenvalue weighted by Gasteiger charge is 2.28. The highest BCUT2D eigenvalue weighted by atomic mass is 19.4. The van der Waals surface area contributed by atoms with Crippen LogP contribution in [-0.4, -0.2) is 6.98 Å². The van der Waals surface area contributed by atoms with E-state index in [1.807, 2.05) is 30.3 Å². The fourth-order valence-corrected chi connectivity index (χ4v) is 1.60. The Morgan fingerprint density at radius 1 is 0.947 bits per heavy atom. The smallest absolute Gasteiger partial charge is 0.489 e. The number of hydrogen-bond acceptors (Lipinski definition) is 1. The molecule has 0 N–H and O–H groups in total. The molecule has 0 aromatic heterocycles. The molecule has 0 saturated heterocycles. The predicted octanol–water partition coefficient (Wildman–Crippen LogP) is 3.46. The van der Waals surface area contributed by atoms with Crippen LogP contribution in [0.5, 0.6) is 5.75 Å². The maximum Gasteiger partial charge on any atom is 0.512 e. The third-order valence-corrected chi connectivity index (χ3v) is 2.57. The second-order valence-corrected chi connectivity index (χ2v) is 4.03. The molecule has 0 spiro atoms. The standard InChI is InChI=1S/C13H10BF4O/c15-13-8-11(6-7-12(13)14(16,17)18)19-9-10-4-2-1-3-5-10/h1-8H,9H2/q-1. The summed E-state index contributed by atoms with van der Waals surface area (Å²) < 4.78 is 55.8. The van der Waals surface area contributed by atoms with Crippen LogP contribution in [0.2, 0.25) is 0 Å². The number of ether oxygens (including phenoxy) is 1. The second-order valence-electron chi connectivity index (χ2n) is 4.03. The van der Waals surface area contributed by atoms with E-state index in [1.54, 1.807) is 0 Å². The summed E-state index contributed by atoms with van der Waals surface area (Å²) >= 11 is 0. The van der Waals surface area contributed by atoms with Gasteiger partial charge < -0.3 is 17.7 Å². The molecule has 100 valence electrons. The summed E-state index contributed by atoms with van der Waals surface area (Å²) in [7, 11) is 0. The molecular weight excluding hydrogens is 259 g/mol. The average Bonchev–Trinajstić information content (AvgIpc) is 2.36. The maximum absolute atomic E-state index is 13.3. The number of benzene rings is 2. The van der Waals surface area contributed by atoms with E-state index in [2.05, 4.69) is 0 Å². The molecule has 0 radical (unpaired) electrons. The van der Waals surface area contributed by atoms with Gasteiger partial charge in [0.25, 0.3) is 0 Å². The van der Waals surface area contributed by atoms with E-state index in [4.69, 9.17) is 4.74 Å². The largest absolute Gasteiger partial charge is 0.512 e. The van der Waals surface area contributed by atoms with Crippen molar-refractivity contribution in [3.8, 4) is 5.75 Å². The van der Waals surface area contributed by atoms with E-state index < -0.39 is 18.3 Å². The molecule has 0 aliphatic rings. The highest BCUT2D eigenvalue weighted by Crippen LogP contribution is 2.17. The Morgan fingerprint density at radius 2 is 1.63 bits per heavy atom. The van der Waals surface area contributed by atoms with Gasteiger partial charge in [-0.05, 0) is 11.6 Å². The van der Waals surface area contributed by atoms with Crippen molar-refractivity contribution in [1.82, 2.24) is 0 Å². The van der Waals surface area contributed by atoms with Crippen LogP contribution in [0.3, 0.4) is 0 Å². The van der Waals surface area contributed by atoms with E-state index in [0.717, 1.165) is 17.7 Å². The second kappa shape index (κ2) is 5.34. The Kier molecular flexibility index (Phi) is 3.78. The van der Waals surface area contributed by atoms with Crippen LogP contribution in [0.4, 0.5) is 17.3 Å². The molecule has 0 amide bonds. The lowest BCUT2D eigenvalue weighted by atomic mass is 9.80. The van der Waals surface area contributed by atoms with E-state index >= 15 is 0 Å². The monoisotopic (exact) mass is 269 g/mol.